The van der Waals surface area contributed by atoms with Gasteiger partial charge in [0, 0.05) is 0 Å². The first-order valence-electron chi connectivity index (χ1n) is 2.80. The first-order valence-corrected chi connectivity index (χ1v) is 4.03. The molecule has 11 heavy (non-hydrogen) atoms. The minimum atomic E-state index is 0. The van der Waals surface area contributed by atoms with Crippen LogP contribution in [0.15, 0.2) is 20.5 Å². The summed E-state index contributed by atoms with van der Waals surface area (Å²) in [5, 5.41) is 0. The maximum atomic E-state index is 2.30. The van der Waals surface area contributed by atoms with E-state index in [4.69, 9.17) is 0 Å². The Morgan fingerprint density at radius 3 is 1.73 bits per heavy atom. The largest absolute Gasteiger partial charge is 1.00 e. The maximum absolute atomic E-state index is 2.30. The van der Waals surface area contributed by atoms with Crippen LogP contribution in [0.2, 0.25) is 0 Å². The zero-order chi connectivity index (χ0) is 6.15. The minimum Gasteiger partial charge on any atom is -1.00 e. The molecule has 0 nitrogen and oxygen atoms in total. The standard InChI is InChI=1S/C7H9.3ClH.Zr/c1-6-4-3-5-7(6)2;;;;/h4H,3H2,1-2H3;3*1H;/q;;;;+3/p-3. The van der Waals surface area contributed by atoms with Crippen LogP contribution in [0.5, 0.6) is 0 Å². The molecule has 0 saturated heterocycles. The molecule has 0 aromatic heterocycles. The first kappa shape index (κ1) is 18.1. The second kappa shape index (κ2) is 7.86. The summed E-state index contributed by atoms with van der Waals surface area (Å²) >= 11 is 1.58. The van der Waals surface area contributed by atoms with Gasteiger partial charge in [0.2, 0.25) is 0 Å². The van der Waals surface area contributed by atoms with Crippen molar-refractivity contribution in [2.24, 2.45) is 0 Å². The van der Waals surface area contributed by atoms with Crippen LogP contribution in [0.4, 0.5) is 0 Å². The van der Waals surface area contributed by atoms with Gasteiger partial charge < -0.3 is 37.2 Å². The van der Waals surface area contributed by atoms with Crippen molar-refractivity contribution in [1.82, 2.24) is 0 Å². The zero-order valence-electron chi connectivity index (χ0n) is 6.42. The Bertz CT molecular complexity index is 167. The van der Waals surface area contributed by atoms with Crippen LogP contribution in [0.25, 0.3) is 0 Å². The molecular formula is C7H9Cl3Zr. The van der Waals surface area contributed by atoms with Gasteiger partial charge in [-0.15, -0.1) is 0 Å². The molecule has 0 saturated carbocycles. The molecular weight excluding hydrogens is 282 g/mol. The van der Waals surface area contributed by atoms with Crippen molar-refractivity contribution in [1.29, 1.82) is 0 Å². The monoisotopic (exact) mass is 288 g/mol. The van der Waals surface area contributed by atoms with Gasteiger partial charge in [0.25, 0.3) is 0 Å². The molecule has 62 valence electrons. The van der Waals surface area contributed by atoms with Gasteiger partial charge in [-0.1, -0.05) is 0 Å². The average molecular weight is 291 g/mol. The third kappa shape index (κ3) is 4.73. The Labute approximate surface area is 102 Å². The van der Waals surface area contributed by atoms with E-state index in [1.807, 2.05) is 0 Å². The fraction of sp³-hybridized carbons (Fsp3) is 0.429. The van der Waals surface area contributed by atoms with E-state index in [0.717, 1.165) is 0 Å². The smallest absolute Gasteiger partial charge is 1.00 e. The van der Waals surface area contributed by atoms with Crippen molar-refractivity contribution < 1.29 is 61.9 Å². The molecule has 1 aliphatic carbocycles. The topological polar surface area (TPSA) is 0 Å². The van der Waals surface area contributed by atoms with Gasteiger partial charge in [-0.05, 0) is 0 Å². The summed E-state index contributed by atoms with van der Waals surface area (Å²) in [7, 11) is 0. The Morgan fingerprint density at radius 1 is 1.18 bits per heavy atom. The van der Waals surface area contributed by atoms with Crippen molar-refractivity contribution in [3.05, 3.63) is 20.5 Å². The molecule has 0 amide bonds. The molecule has 0 heterocycles. The summed E-state index contributed by atoms with van der Waals surface area (Å²) in [6.07, 6.45) is 3.52. The van der Waals surface area contributed by atoms with Crippen LogP contribution >= 0.6 is 0 Å². The predicted molar refractivity (Wildman–Crippen MR) is 31.1 cm³/mol. The van der Waals surface area contributed by atoms with Crippen LogP contribution in [0.1, 0.15) is 20.3 Å². The summed E-state index contributed by atoms with van der Waals surface area (Å²) in [5.74, 6) is 0. The molecule has 4 heteroatoms. The molecule has 0 radical (unpaired) electrons. The summed E-state index contributed by atoms with van der Waals surface area (Å²) in [5.41, 5.74) is 3.01. The number of hydrogen-bond acceptors (Lipinski definition) is 0. The van der Waals surface area contributed by atoms with Crippen LogP contribution < -0.4 is 37.2 Å². The van der Waals surface area contributed by atoms with Gasteiger partial charge in [-0.2, -0.15) is 0 Å². The van der Waals surface area contributed by atoms with Gasteiger partial charge in [0.1, 0.15) is 0 Å². The van der Waals surface area contributed by atoms with E-state index < -0.39 is 0 Å². The van der Waals surface area contributed by atoms with E-state index in [0.29, 0.717) is 0 Å². The fourth-order valence-electron chi connectivity index (χ4n) is 0.799. The Kier molecular flexibility index (Phi) is 12.9. The fourth-order valence-corrected chi connectivity index (χ4v) is 1.53. The van der Waals surface area contributed by atoms with Gasteiger partial charge in [0.05, 0.1) is 0 Å². The summed E-state index contributed by atoms with van der Waals surface area (Å²) < 4.78 is 1.62. The number of allylic oxidation sites excluding steroid dienone is 4. The van der Waals surface area contributed by atoms with Gasteiger partial charge >= 0.3 is 65.5 Å². The van der Waals surface area contributed by atoms with Crippen molar-refractivity contribution >= 4 is 0 Å². The third-order valence-corrected chi connectivity index (χ3v) is 3.08. The van der Waals surface area contributed by atoms with Crippen molar-refractivity contribution in [2.45, 2.75) is 20.3 Å². The number of halogens is 3. The number of rotatable bonds is 0. The summed E-state index contributed by atoms with van der Waals surface area (Å²) in [6.45, 7) is 4.40. The van der Waals surface area contributed by atoms with E-state index in [-0.39, 0.29) is 37.2 Å². The molecule has 0 aromatic carbocycles. The Balaban J connectivity index is -0.000000213. The van der Waals surface area contributed by atoms with Crippen molar-refractivity contribution in [3.8, 4) is 0 Å². The van der Waals surface area contributed by atoms with Crippen LogP contribution in [0.3, 0.4) is 0 Å². The molecule has 0 aliphatic heterocycles. The molecule has 0 aromatic rings. The Morgan fingerprint density at radius 2 is 1.64 bits per heavy atom. The molecule has 0 spiro atoms. The molecule has 1 rings (SSSR count). The number of hydrogen-bond donors (Lipinski definition) is 0. The zero-order valence-corrected chi connectivity index (χ0v) is 11.1. The molecule has 0 unspecified atom stereocenters. The predicted octanol–water partition coefficient (Wildman–Crippen LogP) is -6.83. The van der Waals surface area contributed by atoms with E-state index in [2.05, 4.69) is 19.9 Å². The first-order chi connectivity index (χ1) is 3.72. The van der Waals surface area contributed by atoms with Crippen molar-refractivity contribution in [3.63, 3.8) is 0 Å². The van der Waals surface area contributed by atoms with Gasteiger partial charge in [-0.25, -0.2) is 0 Å². The van der Waals surface area contributed by atoms with Gasteiger partial charge in [0.15, 0.2) is 0 Å². The molecule has 1 aliphatic rings. The average Bonchev–Trinajstić information content (AvgIpc) is 1.98. The molecule has 0 fully saturated rings. The second-order valence-electron chi connectivity index (χ2n) is 2.19. The van der Waals surface area contributed by atoms with Crippen molar-refractivity contribution in [2.75, 3.05) is 0 Å². The van der Waals surface area contributed by atoms with Crippen LogP contribution in [0, 0.1) is 0 Å². The maximum Gasteiger partial charge on any atom is -1.00 e. The SMILES string of the molecule is CC1=CC[C]([Zr+3])=C1C.[Cl-].[Cl-].[Cl-]. The quantitative estimate of drug-likeness (QED) is 0.416. The van der Waals surface area contributed by atoms with E-state index in [1.165, 1.54) is 17.6 Å². The van der Waals surface area contributed by atoms with E-state index >= 15 is 0 Å². The normalized spacial score (nSPS) is 14.4. The minimum absolute atomic E-state index is 0. The van der Waals surface area contributed by atoms with E-state index in [1.54, 1.807) is 28.0 Å². The molecule has 0 N–H and O–H groups in total. The second-order valence-corrected chi connectivity index (χ2v) is 3.68. The van der Waals surface area contributed by atoms with Crippen LogP contribution in [-0.2, 0) is 24.7 Å². The summed E-state index contributed by atoms with van der Waals surface area (Å²) in [6, 6.07) is 0. The summed E-state index contributed by atoms with van der Waals surface area (Å²) in [4.78, 5) is 0. The van der Waals surface area contributed by atoms with E-state index in [9.17, 15) is 0 Å². The molecule has 0 bridgehead atoms. The molecule has 0 atom stereocenters. The van der Waals surface area contributed by atoms with Crippen LogP contribution in [-0.4, -0.2) is 0 Å². The van der Waals surface area contributed by atoms with Gasteiger partial charge in [-0.3, -0.25) is 0 Å². The third-order valence-electron chi connectivity index (χ3n) is 1.66. The Hall–Kier alpha value is 1.23.